The first-order chi connectivity index (χ1) is 11.5. The summed E-state index contributed by atoms with van der Waals surface area (Å²) >= 11 is 6.82. The molecule has 0 aliphatic carbocycles. The molecule has 1 amide bonds. The second kappa shape index (κ2) is 6.33. The van der Waals surface area contributed by atoms with Crippen LogP contribution in [0, 0.1) is 5.92 Å². The molecular formula is C20H21ClN2O. The number of anilines is 1. The van der Waals surface area contributed by atoms with Gasteiger partial charge in [0.25, 0.3) is 5.91 Å². The van der Waals surface area contributed by atoms with Gasteiger partial charge in [0.2, 0.25) is 0 Å². The van der Waals surface area contributed by atoms with Crippen LogP contribution in [0.2, 0.25) is 0 Å². The molecule has 1 aromatic carbocycles. The van der Waals surface area contributed by atoms with E-state index < -0.39 is 5.91 Å². The summed E-state index contributed by atoms with van der Waals surface area (Å²) in [5.41, 5.74) is 11.0. The van der Waals surface area contributed by atoms with Crippen LogP contribution in [0.25, 0.3) is 6.08 Å². The zero-order valence-corrected chi connectivity index (χ0v) is 14.9. The summed E-state index contributed by atoms with van der Waals surface area (Å²) in [6.07, 6.45) is 6.61. The molecule has 0 radical (unpaired) electrons. The summed E-state index contributed by atoms with van der Waals surface area (Å²) < 4.78 is 0. The van der Waals surface area contributed by atoms with Crippen LogP contribution >= 0.6 is 11.6 Å². The first kappa shape index (κ1) is 16.6. The van der Waals surface area contributed by atoms with Crippen molar-refractivity contribution in [2.24, 2.45) is 11.7 Å². The Labute approximate surface area is 147 Å². The van der Waals surface area contributed by atoms with E-state index in [4.69, 9.17) is 17.3 Å². The molecule has 3 nitrogen and oxygen atoms in total. The minimum absolute atomic E-state index is 0.154. The Hall–Kier alpha value is -2.26. The lowest BCUT2D eigenvalue weighted by Crippen LogP contribution is -2.33. The summed E-state index contributed by atoms with van der Waals surface area (Å²) in [7, 11) is 0. The molecule has 0 atom stereocenters. The highest BCUT2D eigenvalue weighted by Crippen LogP contribution is 2.45. The molecule has 0 saturated heterocycles. The Morgan fingerprint density at radius 2 is 2.00 bits per heavy atom. The number of amides is 1. The number of primary amides is 1. The molecule has 0 fully saturated rings. The average molecular weight is 341 g/mol. The van der Waals surface area contributed by atoms with E-state index >= 15 is 0 Å². The number of para-hydroxylation sites is 1. The van der Waals surface area contributed by atoms with Crippen LogP contribution < -0.4 is 10.6 Å². The third kappa shape index (κ3) is 2.49. The lowest BCUT2D eigenvalue weighted by atomic mass is 9.84. The van der Waals surface area contributed by atoms with Crippen LogP contribution in [-0.4, -0.2) is 5.91 Å². The van der Waals surface area contributed by atoms with E-state index in [1.54, 1.807) is 0 Å². The molecule has 2 N–H and O–H groups in total. The fraction of sp³-hybridized carbons (Fsp3) is 0.250. The molecular weight excluding hydrogens is 320 g/mol. The van der Waals surface area contributed by atoms with Gasteiger partial charge in [0.1, 0.15) is 5.16 Å². The molecule has 2 aliphatic rings. The first-order valence-electron chi connectivity index (χ1n) is 8.18. The van der Waals surface area contributed by atoms with E-state index in [1.165, 1.54) is 0 Å². The SMILES string of the molecule is CCC1=C(Cl)N2C(=CC=Cc3ccccc32)C(C(N)=O)=C1C(C)C. The van der Waals surface area contributed by atoms with E-state index in [-0.39, 0.29) is 5.92 Å². The normalized spacial score (nSPS) is 16.9. The Morgan fingerprint density at radius 3 is 2.62 bits per heavy atom. The Balaban J connectivity index is 2.36. The van der Waals surface area contributed by atoms with Crippen molar-refractivity contribution < 1.29 is 4.79 Å². The number of nitrogens with zero attached hydrogens (tertiary/aromatic N) is 1. The van der Waals surface area contributed by atoms with Gasteiger partial charge in [-0.3, -0.25) is 9.69 Å². The van der Waals surface area contributed by atoms with Gasteiger partial charge in [-0.05, 0) is 41.2 Å². The van der Waals surface area contributed by atoms with Crippen molar-refractivity contribution in [3.8, 4) is 0 Å². The summed E-state index contributed by atoms with van der Waals surface area (Å²) in [6.45, 7) is 6.18. The van der Waals surface area contributed by atoms with Crippen molar-refractivity contribution >= 4 is 29.3 Å². The minimum Gasteiger partial charge on any atom is -0.366 e. The van der Waals surface area contributed by atoms with Crippen molar-refractivity contribution in [1.82, 2.24) is 0 Å². The van der Waals surface area contributed by atoms with E-state index in [9.17, 15) is 4.79 Å². The van der Waals surface area contributed by atoms with Gasteiger partial charge in [-0.1, -0.05) is 62.7 Å². The van der Waals surface area contributed by atoms with Crippen LogP contribution in [0.5, 0.6) is 0 Å². The molecule has 2 heterocycles. The van der Waals surface area contributed by atoms with Crippen molar-refractivity contribution in [1.29, 1.82) is 0 Å². The zero-order chi connectivity index (χ0) is 17.4. The zero-order valence-electron chi connectivity index (χ0n) is 14.1. The fourth-order valence-corrected chi connectivity index (χ4v) is 3.87. The number of rotatable bonds is 3. The Morgan fingerprint density at radius 1 is 1.29 bits per heavy atom. The molecule has 0 aromatic heterocycles. The number of carbonyl (C=O) groups is 1. The summed E-state index contributed by atoms with van der Waals surface area (Å²) in [6, 6.07) is 8.00. The molecule has 2 aliphatic heterocycles. The van der Waals surface area contributed by atoms with Gasteiger partial charge in [0, 0.05) is 0 Å². The number of benzene rings is 1. The minimum atomic E-state index is -0.419. The first-order valence-corrected chi connectivity index (χ1v) is 8.56. The molecule has 1 aromatic rings. The van der Waals surface area contributed by atoms with Gasteiger partial charge in [0.15, 0.2) is 0 Å². The number of carbonyl (C=O) groups excluding carboxylic acids is 1. The van der Waals surface area contributed by atoms with Crippen molar-refractivity contribution in [3.63, 3.8) is 0 Å². The van der Waals surface area contributed by atoms with Gasteiger partial charge in [-0.2, -0.15) is 0 Å². The number of allylic oxidation sites excluding steroid dienone is 4. The predicted molar refractivity (Wildman–Crippen MR) is 100 cm³/mol. The molecule has 24 heavy (non-hydrogen) atoms. The topological polar surface area (TPSA) is 46.3 Å². The molecule has 3 rings (SSSR count). The lowest BCUT2D eigenvalue weighted by molar-refractivity contribution is -0.114. The smallest absolute Gasteiger partial charge is 0.251 e. The highest BCUT2D eigenvalue weighted by Gasteiger charge is 2.35. The molecule has 0 unspecified atom stereocenters. The maximum Gasteiger partial charge on any atom is 0.251 e. The average Bonchev–Trinajstić information content (AvgIpc) is 2.73. The highest BCUT2D eigenvalue weighted by atomic mass is 35.5. The van der Waals surface area contributed by atoms with Crippen molar-refractivity contribution in [3.05, 3.63) is 69.6 Å². The van der Waals surface area contributed by atoms with E-state index in [0.29, 0.717) is 10.7 Å². The van der Waals surface area contributed by atoms with Crippen molar-refractivity contribution in [2.75, 3.05) is 4.90 Å². The Kier molecular flexibility index (Phi) is 4.37. The number of halogens is 1. The van der Waals surface area contributed by atoms with Gasteiger partial charge in [-0.15, -0.1) is 0 Å². The summed E-state index contributed by atoms with van der Waals surface area (Å²) in [5, 5.41) is 0.647. The standard InChI is InChI=1S/C20H21ClN2O/c1-4-14-17(12(2)3)18(20(22)24)16-11-7-9-13-8-5-6-10-15(13)23(16)19(14)21/h5-12H,4H2,1-3H3,(H2,22,24). The maximum absolute atomic E-state index is 12.3. The number of fused-ring (bicyclic) bond motifs is 3. The highest BCUT2D eigenvalue weighted by molar-refractivity contribution is 6.33. The third-order valence-corrected chi connectivity index (χ3v) is 4.82. The molecule has 0 spiro atoms. The van der Waals surface area contributed by atoms with E-state index in [1.807, 2.05) is 47.4 Å². The molecule has 0 bridgehead atoms. The van der Waals surface area contributed by atoms with Crippen molar-refractivity contribution in [2.45, 2.75) is 27.2 Å². The van der Waals surface area contributed by atoms with Crippen LogP contribution in [0.15, 0.2) is 64.0 Å². The van der Waals surface area contributed by atoms with Gasteiger partial charge >= 0.3 is 0 Å². The number of hydrogen-bond donors (Lipinski definition) is 1. The fourth-order valence-electron chi connectivity index (χ4n) is 3.45. The van der Waals surface area contributed by atoms with E-state index in [0.717, 1.165) is 34.5 Å². The summed E-state index contributed by atoms with van der Waals surface area (Å²) in [4.78, 5) is 14.3. The Bertz CT molecular complexity index is 828. The predicted octanol–water partition coefficient (Wildman–Crippen LogP) is 4.72. The molecule has 0 saturated carbocycles. The second-order valence-electron chi connectivity index (χ2n) is 6.24. The van der Waals surface area contributed by atoms with E-state index in [2.05, 4.69) is 20.8 Å². The third-order valence-electron chi connectivity index (χ3n) is 4.42. The summed E-state index contributed by atoms with van der Waals surface area (Å²) in [5.74, 6) is -0.264. The quantitative estimate of drug-likeness (QED) is 0.809. The monoisotopic (exact) mass is 340 g/mol. The van der Waals surface area contributed by atoms with Crippen LogP contribution in [0.4, 0.5) is 5.69 Å². The second-order valence-corrected chi connectivity index (χ2v) is 6.59. The van der Waals surface area contributed by atoms with Gasteiger partial charge < -0.3 is 5.73 Å². The lowest BCUT2D eigenvalue weighted by Gasteiger charge is -2.36. The molecule has 4 heteroatoms. The largest absolute Gasteiger partial charge is 0.366 e. The number of nitrogens with two attached hydrogens (primary N) is 1. The maximum atomic E-state index is 12.3. The number of hydrogen-bond acceptors (Lipinski definition) is 2. The molecule has 124 valence electrons. The van der Waals surface area contributed by atoms with Crippen LogP contribution in [-0.2, 0) is 4.79 Å². The van der Waals surface area contributed by atoms with Crippen LogP contribution in [0.3, 0.4) is 0 Å². The van der Waals surface area contributed by atoms with Crippen LogP contribution in [0.1, 0.15) is 32.8 Å². The van der Waals surface area contributed by atoms with Gasteiger partial charge in [0.05, 0.1) is 17.0 Å². The van der Waals surface area contributed by atoms with Gasteiger partial charge in [-0.25, -0.2) is 0 Å².